The van der Waals surface area contributed by atoms with Crippen LogP contribution in [0.15, 0.2) is 18.2 Å². The van der Waals surface area contributed by atoms with Gasteiger partial charge in [0.1, 0.15) is 24.0 Å². The van der Waals surface area contributed by atoms with E-state index in [1.165, 1.54) is 4.90 Å². The van der Waals surface area contributed by atoms with Crippen molar-refractivity contribution in [1.29, 1.82) is 0 Å². The number of fused-ring (bicyclic) bond motifs is 7. The molecule has 4 aliphatic rings. The summed E-state index contributed by atoms with van der Waals surface area (Å²) in [6.07, 6.45) is -5.05. The van der Waals surface area contributed by atoms with Crippen molar-refractivity contribution in [3.05, 3.63) is 23.9 Å². The van der Waals surface area contributed by atoms with Gasteiger partial charge in [-0.15, -0.1) is 13.2 Å². The van der Waals surface area contributed by atoms with E-state index in [1.54, 1.807) is 41.5 Å². The van der Waals surface area contributed by atoms with Gasteiger partial charge in [0, 0.05) is 24.3 Å². The third-order valence-electron chi connectivity index (χ3n) is 10.8. The number of halogens is 5. The van der Waals surface area contributed by atoms with Crippen LogP contribution in [0, 0.1) is 35.0 Å². The fourth-order valence-corrected chi connectivity index (χ4v) is 8.07. The van der Waals surface area contributed by atoms with Gasteiger partial charge in [0.2, 0.25) is 11.8 Å². The van der Waals surface area contributed by atoms with Crippen LogP contribution in [0.2, 0.25) is 0 Å². The van der Waals surface area contributed by atoms with E-state index in [9.17, 15) is 27.6 Å². The summed E-state index contributed by atoms with van der Waals surface area (Å²) >= 11 is 0. The zero-order valence-corrected chi connectivity index (χ0v) is 29.6. The number of hydrogen-bond donors (Lipinski definition) is 1. The minimum atomic E-state index is -5.00. The zero-order chi connectivity index (χ0) is 37.2. The lowest BCUT2D eigenvalue weighted by molar-refractivity contribution is -0.274. The number of nitrogens with one attached hydrogen (secondary N) is 1. The monoisotopic (exact) mass is 724 g/mol. The summed E-state index contributed by atoms with van der Waals surface area (Å²) in [4.78, 5) is 51.3. The third-order valence-corrected chi connectivity index (χ3v) is 10.8. The third kappa shape index (κ3) is 7.72. The normalized spacial score (nSPS) is 31.4. The lowest BCUT2D eigenvalue weighted by Crippen LogP contribution is -2.58. The van der Waals surface area contributed by atoms with Crippen LogP contribution in [0.3, 0.4) is 0 Å². The first kappa shape index (κ1) is 37.0. The average molecular weight is 725 g/mol. The molecule has 1 aromatic carbocycles. The Morgan fingerprint density at radius 2 is 1.75 bits per heavy atom. The van der Waals surface area contributed by atoms with Crippen LogP contribution in [0.5, 0.6) is 11.6 Å². The number of carbonyl (C=O) groups is 3. The second-order valence-electron chi connectivity index (χ2n) is 16.0. The molecule has 8 atom stereocenters. The van der Waals surface area contributed by atoms with Crippen molar-refractivity contribution < 1.29 is 50.5 Å². The molecule has 8 unspecified atom stereocenters. The van der Waals surface area contributed by atoms with Crippen LogP contribution < -0.4 is 14.8 Å². The van der Waals surface area contributed by atoms with Crippen LogP contribution in [0.1, 0.15) is 85.8 Å². The summed E-state index contributed by atoms with van der Waals surface area (Å²) in [6.45, 7) is 10.1. The number of alkyl carbamates (subject to hydrolysis) is 1. The molecule has 0 radical (unpaired) electrons. The van der Waals surface area contributed by atoms with Crippen molar-refractivity contribution in [2.24, 2.45) is 35.0 Å². The number of benzene rings is 1. The first-order valence-electron chi connectivity index (χ1n) is 17.7. The van der Waals surface area contributed by atoms with Crippen molar-refractivity contribution >= 4 is 28.8 Å². The summed E-state index contributed by atoms with van der Waals surface area (Å²) in [5, 5.41) is 2.79. The van der Waals surface area contributed by atoms with Crippen LogP contribution in [0.25, 0.3) is 11.0 Å². The summed E-state index contributed by atoms with van der Waals surface area (Å²) in [5.74, 6) is -6.14. The SMILES string of the molecule is CC(C)C(=O)C1C(C)C2CN1C(=O)C(C(C)(C)C)NC(=O)OC1CC3CC3C1CCCCC(F)(F)c1nc3ccc(OC(F)(F)F)cc3nc1O2. The zero-order valence-electron chi connectivity index (χ0n) is 29.6. The van der Waals surface area contributed by atoms with Crippen molar-refractivity contribution in [2.45, 2.75) is 117 Å². The molecule has 3 fully saturated rings. The van der Waals surface area contributed by atoms with Crippen molar-refractivity contribution in [3.63, 3.8) is 0 Å². The molecule has 280 valence electrons. The molecule has 51 heavy (non-hydrogen) atoms. The molecule has 1 N–H and O–H groups in total. The van der Waals surface area contributed by atoms with Crippen LogP contribution in [0.4, 0.5) is 26.7 Å². The van der Waals surface area contributed by atoms with E-state index < -0.39 is 89.6 Å². The second kappa shape index (κ2) is 13.3. The van der Waals surface area contributed by atoms with Gasteiger partial charge < -0.3 is 24.4 Å². The number of nitrogens with zero attached hydrogens (tertiary/aromatic N) is 3. The van der Waals surface area contributed by atoms with Crippen LogP contribution in [-0.2, 0) is 20.2 Å². The Kier molecular flexibility index (Phi) is 9.67. The van der Waals surface area contributed by atoms with E-state index in [0.29, 0.717) is 31.1 Å². The first-order valence-corrected chi connectivity index (χ1v) is 17.7. The van der Waals surface area contributed by atoms with Gasteiger partial charge in [-0.25, -0.2) is 14.8 Å². The molecular weight excluding hydrogens is 679 g/mol. The topological polar surface area (TPSA) is 120 Å². The average Bonchev–Trinajstić information content (AvgIpc) is 3.59. The standard InChI is InChI=1S/C36H45F5N4O6/c1-17(2)28(46)27-18(3)26-16-45(27)32(47)30(34(4,5)6)44-33(48)50-25-14-19-13-22(19)21(25)9-7-8-12-35(37,38)29-31(49-26)43-24-15-20(51-36(39,40)41)10-11-23(24)42-29/h10-11,15,17-19,21-22,25-27,30H,7-9,12-14,16H2,1-6H3,(H,44,48). The number of alkyl halides is 5. The molecule has 1 saturated heterocycles. The molecule has 2 aliphatic carbocycles. The van der Waals surface area contributed by atoms with Gasteiger partial charge in [-0.1, -0.05) is 48.0 Å². The molecule has 3 heterocycles. The van der Waals surface area contributed by atoms with Gasteiger partial charge in [0.15, 0.2) is 11.5 Å². The van der Waals surface area contributed by atoms with Crippen molar-refractivity contribution in [1.82, 2.24) is 20.2 Å². The number of rotatable bonds is 3. The largest absolute Gasteiger partial charge is 0.573 e. The molecule has 0 spiro atoms. The van der Waals surface area contributed by atoms with E-state index in [1.807, 2.05) is 0 Å². The molecule has 2 saturated carbocycles. The maximum absolute atomic E-state index is 16.2. The van der Waals surface area contributed by atoms with E-state index in [0.717, 1.165) is 24.6 Å². The molecular formula is C36H45F5N4O6. The Morgan fingerprint density at radius 3 is 2.41 bits per heavy atom. The molecule has 10 nitrogen and oxygen atoms in total. The lowest BCUT2D eigenvalue weighted by atomic mass is 9.85. The van der Waals surface area contributed by atoms with E-state index >= 15 is 8.78 Å². The van der Waals surface area contributed by atoms with E-state index in [-0.39, 0.29) is 35.7 Å². The molecule has 1 aromatic heterocycles. The van der Waals surface area contributed by atoms with Gasteiger partial charge in [-0.05, 0) is 61.0 Å². The fraction of sp³-hybridized carbons (Fsp3) is 0.694. The quantitative estimate of drug-likeness (QED) is 0.331. The maximum atomic E-state index is 16.2. The Balaban J connectivity index is 1.43. The first-order chi connectivity index (χ1) is 23.7. The lowest BCUT2D eigenvalue weighted by Gasteiger charge is -2.36. The van der Waals surface area contributed by atoms with E-state index in [4.69, 9.17) is 9.47 Å². The van der Waals surface area contributed by atoms with Gasteiger partial charge in [0.05, 0.1) is 23.6 Å². The number of aromatic nitrogens is 2. The van der Waals surface area contributed by atoms with Crippen molar-refractivity contribution in [2.75, 3.05) is 6.54 Å². The predicted molar refractivity (Wildman–Crippen MR) is 174 cm³/mol. The smallest absolute Gasteiger partial charge is 0.471 e. The van der Waals surface area contributed by atoms with Gasteiger partial charge in [0.25, 0.3) is 5.92 Å². The van der Waals surface area contributed by atoms with E-state index in [2.05, 4.69) is 20.0 Å². The Hall–Kier alpha value is -3.78. The molecule has 6 rings (SSSR count). The number of Topliss-reactive ketones (excluding diaryl/α,β-unsaturated/α-hetero) is 1. The highest BCUT2D eigenvalue weighted by atomic mass is 19.4. The highest BCUT2D eigenvalue weighted by Crippen LogP contribution is 2.58. The number of ketones is 1. The van der Waals surface area contributed by atoms with Crippen molar-refractivity contribution in [3.8, 4) is 11.6 Å². The summed E-state index contributed by atoms with van der Waals surface area (Å²) < 4.78 is 87.6. The fourth-order valence-electron chi connectivity index (χ4n) is 8.07. The highest BCUT2D eigenvalue weighted by Gasteiger charge is 2.55. The predicted octanol–water partition coefficient (Wildman–Crippen LogP) is 7.18. The highest BCUT2D eigenvalue weighted by molar-refractivity contribution is 5.94. The summed E-state index contributed by atoms with van der Waals surface area (Å²) in [7, 11) is 0. The molecule has 2 aromatic rings. The van der Waals surface area contributed by atoms with Crippen LogP contribution in [-0.4, -0.2) is 69.9 Å². The minimum absolute atomic E-state index is 0.00209. The number of carbonyl (C=O) groups excluding carboxylic acids is 3. The minimum Gasteiger partial charge on any atom is -0.471 e. The molecule has 2 bridgehead atoms. The van der Waals surface area contributed by atoms with Crippen LogP contribution >= 0.6 is 0 Å². The van der Waals surface area contributed by atoms with Gasteiger partial charge in [-0.2, -0.15) is 8.78 Å². The maximum Gasteiger partial charge on any atom is 0.573 e. The number of hydrogen-bond acceptors (Lipinski definition) is 8. The number of amides is 2. The molecule has 15 heteroatoms. The second-order valence-corrected chi connectivity index (χ2v) is 16.0. The Morgan fingerprint density at radius 1 is 1.02 bits per heavy atom. The van der Waals surface area contributed by atoms with Gasteiger partial charge in [-0.3, -0.25) is 9.59 Å². The summed E-state index contributed by atoms with van der Waals surface area (Å²) in [5.41, 5.74) is -1.87. The Labute approximate surface area is 293 Å². The molecule has 2 amide bonds. The number of ether oxygens (including phenoxy) is 3. The Bertz CT molecular complexity index is 1680. The summed E-state index contributed by atoms with van der Waals surface area (Å²) in [6, 6.07) is 0.872. The van der Waals surface area contributed by atoms with Gasteiger partial charge >= 0.3 is 12.5 Å². The molecule has 2 aliphatic heterocycles.